The molecular weight excluding hydrogens is 364 g/mol. The molecule has 0 saturated carbocycles. The highest BCUT2D eigenvalue weighted by molar-refractivity contribution is 4.95. The molecule has 0 aromatic heterocycles. The summed E-state index contributed by atoms with van der Waals surface area (Å²) < 4.78 is 23.6. The molecule has 4 nitrogen and oxygen atoms in total. The molecule has 0 atom stereocenters. The largest absolute Gasteiger partial charge is 0.491 e. The summed E-state index contributed by atoms with van der Waals surface area (Å²) in [5.41, 5.74) is 0. The van der Waals surface area contributed by atoms with Crippen molar-refractivity contribution in [3.63, 3.8) is 0 Å². The molecule has 0 unspecified atom stereocenters. The molecule has 174 valence electrons. The molecule has 0 aromatic rings. The zero-order valence-electron chi connectivity index (χ0n) is 20.1. The standard InChI is InChI=1S/C25H50O4/c1-5-9-13-14-15-16-18-20-26-23-29-25(28-22-12-8-4)24(19-17-10-6-2)27-21-11-7-3/h5-23H2,1-4H3/b25-24-. The highest BCUT2D eigenvalue weighted by Crippen LogP contribution is 2.19. The van der Waals surface area contributed by atoms with Crippen LogP contribution in [0.25, 0.3) is 0 Å². The molecule has 4 heteroatoms. The third-order valence-electron chi connectivity index (χ3n) is 4.91. The summed E-state index contributed by atoms with van der Waals surface area (Å²) >= 11 is 0. The van der Waals surface area contributed by atoms with Crippen LogP contribution in [0.15, 0.2) is 11.7 Å². The van der Waals surface area contributed by atoms with Crippen molar-refractivity contribution in [2.45, 2.75) is 124 Å². The van der Waals surface area contributed by atoms with E-state index in [2.05, 4.69) is 27.7 Å². The molecule has 0 amide bonds. The third kappa shape index (κ3) is 18.8. The van der Waals surface area contributed by atoms with Gasteiger partial charge in [-0.2, -0.15) is 0 Å². The van der Waals surface area contributed by atoms with Crippen molar-refractivity contribution in [2.24, 2.45) is 0 Å². The number of hydrogen-bond donors (Lipinski definition) is 0. The lowest BCUT2D eigenvalue weighted by Gasteiger charge is -2.18. The van der Waals surface area contributed by atoms with Gasteiger partial charge in [-0.25, -0.2) is 0 Å². The first kappa shape index (κ1) is 28.1. The predicted octanol–water partition coefficient (Wildman–Crippen LogP) is 8.11. The molecule has 0 heterocycles. The van der Waals surface area contributed by atoms with Crippen LogP contribution >= 0.6 is 0 Å². The SMILES string of the molecule is CCCCCCCCCOCO/C(OCCCC)=C(/CCCCC)OCCCC. The zero-order valence-corrected chi connectivity index (χ0v) is 20.1. The molecule has 0 saturated heterocycles. The van der Waals surface area contributed by atoms with E-state index in [-0.39, 0.29) is 6.79 Å². The summed E-state index contributed by atoms with van der Waals surface area (Å²) in [5.74, 6) is 1.41. The summed E-state index contributed by atoms with van der Waals surface area (Å²) in [6.45, 7) is 11.2. The lowest BCUT2D eigenvalue weighted by molar-refractivity contribution is -0.0844. The first-order valence-corrected chi connectivity index (χ1v) is 12.5. The molecule has 0 rings (SSSR count). The van der Waals surface area contributed by atoms with Gasteiger partial charge in [-0.15, -0.1) is 0 Å². The van der Waals surface area contributed by atoms with Crippen LogP contribution in [0.2, 0.25) is 0 Å². The molecule has 0 aliphatic carbocycles. The number of rotatable bonds is 23. The van der Waals surface area contributed by atoms with Gasteiger partial charge < -0.3 is 18.9 Å². The van der Waals surface area contributed by atoms with E-state index in [1.54, 1.807) is 0 Å². The van der Waals surface area contributed by atoms with E-state index in [1.165, 1.54) is 51.4 Å². The van der Waals surface area contributed by atoms with E-state index in [9.17, 15) is 0 Å². The highest BCUT2D eigenvalue weighted by atomic mass is 16.7. The maximum absolute atomic E-state index is 6.04. The van der Waals surface area contributed by atoms with E-state index in [1.807, 2.05) is 0 Å². The quantitative estimate of drug-likeness (QED) is 0.0961. The minimum absolute atomic E-state index is 0.242. The Morgan fingerprint density at radius 1 is 0.483 bits per heavy atom. The minimum Gasteiger partial charge on any atom is -0.491 e. The molecule has 0 aromatic carbocycles. The summed E-state index contributed by atoms with van der Waals surface area (Å²) in [6, 6.07) is 0. The van der Waals surface area contributed by atoms with Crippen LogP contribution in [0.5, 0.6) is 0 Å². The maximum atomic E-state index is 6.04. The van der Waals surface area contributed by atoms with Gasteiger partial charge in [-0.1, -0.05) is 91.9 Å². The van der Waals surface area contributed by atoms with E-state index < -0.39 is 0 Å². The third-order valence-corrected chi connectivity index (χ3v) is 4.91. The number of unbranched alkanes of at least 4 members (excludes halogenated alkanes) is 10. The van der Waals surface area contributed by atoms with Gasteiger partial charge in [-0.3, -0.25) is 0 Å². The lowest BCUT2D eigenvalue weighted by Crippen LogP contribution is -2.10. The van der Waals surface area contributed by atoms with Crippen molar-refractivity contribution < 1.29 is 18.9 Å². The summed E-state index contributed by atoms with van der Waals surface area (Å²) in [6.07, 6.45) is 17.7. The Kier molecular flexibility index (Phi) is 22.7. The second-order valence-electron chi connectivity index (χ2n) is 7.86. The van der Waals surface area contributed by atoms with Crippen molar-refractivity contribution in [3.8, 4) is 0 Å². The Hall–Kier alpha value is -0.900. The van der Waals surface area contributed by atoms with E-state index in [0.29, 0.717) is 12.6 Å². The Bertz CT molecular complexity index is 343. The van der Waals surface area contributed by atoms with Crippen LogP contribution in [-0.2, 0) is 18.9 Å². The van der Waals surface area contributed by atoms with E-state index >= 15 is 0 Å². The van der Waals surface area contributed by atoms with Crippen LogP contribution in [0.4, 0.5) is 0 Å². The van der Waals surface area contributed by atoms with E-state index in [0.717, 1.165) is 63.9 Å². The fourth-order valence-corrected chi connectivity index (χ4v) is 2.94. The monoisotopic (exact) mass is 414 g/mol. The predicted molar refractivity (Wildman–Crippen MR) is 123 cm³/mol. The second kappa shape index (κ2) is 23.4. The van der Waals surface area contributed by atoms with Gasteiger partial charge in [0.2, 0.25) is 0 Å². The average molecular weight is 415 g/mol. The van der Waals surface area contributed by atoms with Gasteiger partial charge in [0.1, 0.15) is 0 Å². The number of ether oxygens (including phenoxy) is 4. The van der Waals surface area contributed by atoms with Crippen LogP contribution in [0.1, 0.15) is 124 Å². The first-order chi connectivity index (χ1) is 14.3. The Morgan fingerprint density at radius 2 is 1.03 bits per heavy atom. The summed E-state index contributed by atoms with van der Waals surface area (Å²) in [7, 11) is 0. The number of allylic oxidation sites excluding steroid dienone is 1. The summed E-state index contributed by atoms with van der Waals surface area (Å²) in [4.78, 5) is 0. The van der Waals surface area contributed by atoms with Crippen LogP contribution in [0, 0.1) is 0 Å². The zero-order chi connectivity index (χ0) is 21.4. The normalized spacial score (nSPS) is 12.0. The van der Waals surface area contributed by atoms with Crippen molar-refractivity contribution >= 4 is 0 Å². The molecule has 0 spiro atoms. The van der Waals surface area contributed by atoms with Gasteiger partial charge in [0.15, 0.2) is 12.6 Å². The molecule has 0 N–H and O–H groups in total. The molecule has 0 radical (unpaired) electrons. The highest BCUT2D eigenvalue weighted by Gasteiger charge is 2.13. The topological polar surface area (TPSA) is 36.9 Å². The summed E-state index contributed by atoms with van der Waals surface area (Å²) in [5, 5.41) is 0. The molecule has 0 fully saturated rings. The molecule has 0 aliphatic rings. The first-order valence-electron chi connectivity index (χ1n) is 12.5. The Balaban J connectivity index is 4.38. The van der Waals surface area contributed by atoms with Crippen molar-refractivity contribution in [1.29, 1.82) is 0 Å². The molecule has 0 aliphatic heterocycles. The Morgan fingerprint density at radius 3 is 1.69 bits per heavy atom. The smallest absolute Gasteiger partial charge is 0.321 e. The minimum atomic E-state index is 0.242. The fraction of sp³-hybridized carbons (Fsp3) is 0.920. The van der Waals surface area contributed by atoms with Crippen molar-refractivity contribution in [1.82, 2.24) is 0 Å². The van der Waals surface area contributed by atoms with Crippen LogP contribution in [0.3, 0.4) is 0 Å². The molecule has 29 heavy (non-hydrogen) atoms. The van der Waals surface area contributed by atoms with Gasteiger partial charge in [0.05, 0.1) is 19.8 Å². The van der Waals surface area contributed by atoms with Crippen LogP contribution < -0.4 is 0 Å². The van der Waals surface area contributed by atoms with Gasteiger partial charge in [0.25, 0.3) is 0 Å². The van der Waals surface area contributed by atoms with Gasteiger partial charge in [0, 0.05) is 6.42 Å². The fourth-order valence-electron chi connectivity index (χ4n) is 2.94. The van der Waals surface area contributed by atoms with Gasteiger partial charge in [-0.05, 0) is 25.7 Å². The van der Waals surface area contributed by atoms with E-state index in [4.69, 9.17) is 18.9 Å². The van der Waals surface area contributed by atoms with Crippen molar-refractivity contribution in [3.05, 3.63) is 11.7 Å². The number of hydrogen-bond acceptors (Lipinski definition) is 4. The van der Waals surface area contributed by atoms with Crippen LogP contribution in [-0.4, -0.2) is 26.6 Å². The molecular formula is C25H50O4. The lowest BCUT2D eigenvalue weighted by atomic mass is 10.1. The second-order valence-corrected chi connectivity index (χ2v) is 7.86. The average Bonchev–Trinajstić information content (AvgIpc) is 2.73. The molecule has 0 bridgehead atoms. The Labute approximate surface area is 181 Å². The van der Waals surface area contributed by atoms with Crippen molar-refractivity contribution in [2.75, 3.05) is 26.6 Å². The maximum Gasteiger partial charge on any atom is 0.321 e. The van der Waals surface area contributed by atoms with Gasteiger partial charge >= 0.3 is 5.95 Å².